The van der Waals surface area contributed by atoms with E-state index in [0.29, 0.717) is 17.9 Å². The van der Waals surface area contributed by atoms with Gasteiger partial charge in [-0.1, -0.05) is 17.3 Å². The number of nitrogens with zero attached hydrogens (tertiary/aromatic N) is 1. The number of carbonyl (C=O) groups is 2. The quantitative estimate of drug-likeness (QED) is 0.534. The molecular weight excluding hydrogens is 380 g/mol. The topological polar surface area (TPSA) is 90.7 Å². The minimum absolute atomic E-state index is 0.0566. The van der Waals surface area contributed by atoms with Gasteiger partial charge in [-0.3, -0.25) is 4.79 Å². The summed E-state index contributed by atoms with van der Waals surface area (Å²) in [6, 6.07) is 7.19. The first-order valence-corrected chi connectivity index (χ1v) is 10.2. The molecule has 1 aromatic carbocycles. The SMILES string of the molecule is Cc1noc(C)c1CSc1ccccc1C(=O)OCC(=O)NCC1CCCO1. The lowest BCUT2D eigenvalue weighted by molar-refractivity contribution is -0.124. The van der Waals surface area contributed by atoms with Crippen molar-refractivity contribution in [1.82, 2.24) is 10.5 Å². The molecule has 28 heavy (non-hydrogen) atoms. The molecule has 2 aromatic rings. The summed E-state index contributed by atoms with van der Waals surface area (Å²) in [6.07, 6.45) is 2.01. The fourth-order valence-electron chi connectivity index (χ4n) is 2.91. The first-order chi connectivity index (χ1) is 13.5. The highest BCUT2D eigenvalue weighted by atomic mass is 32.2. The van der Waals surface area contributed by atoms with Gasteiger partial charge in [0.25, 0.3) is 5.91 Å². The molecule has 2 heterocycles. The fourth-order valence-corrected chi connectivity index (χ4v) is 4.11. The van der Waals surface area contributed by atoms with Gasteiger partial charge < -0.3 is 19.3 Å². The molecule has 3 rings (SSSR count). The van der Waals surface area contributed by atoms with Crippen LogP contribution in [0, 0.1) is 13.8 Å². The van der Waals surface area contributed by atoms with Gasteiger partial charge in [-0.05, 0) is 38.8 Å². The summed E-state index contributed by atoms with van der Waals surface area (Å²) in [5.74, 6) is 0.555. The second-order valence-electron chi connectivity index (χ2n) is 6.60. The van der Waals surface area contributed by atoms with Crippen molar-refractivity contribution in [3.05, 3.63) is 46.8 Å². The zero-order valence-corrected chi connectivity index (χ0v) is 16.8. The number of amides is 1. The fraction of sp³-hybridized carbons (Fsp3) is 0.450. The van der Waals surface area contributed by atoms with Crippen LogP contribution in [-0.2, 0) is 20.0 Å². The van der Waals surface area contributed by atoms with Crippen molar-refractivity contribution in [2.24, 2.45) is 0 Å². The van der Waals surface area contributed by atoms with Gasteiger partial charge in [0.2, 0.25) is 0 Å². The van der Waals surface area contributed by atoms with E-state index in [-0.39, 0.29) is 18.6 Å². The molecule has 1 aliphatic rings. The van der Waals surface area contributed by atoms with Gasteiger partial charge in [0.1, 0.15) is 5.76 Å². The number of rotatable bonds is 8. The summed E-state index contributed by atoms with van der Waals surface area (Å²) < 4.78 is 15.8. The third-order valence-electron chi connectivity index (χ3n) is 4.55. The van der Waals surface area contributed by atoms with Gasteiger partial charge in [-0.2, -0.15) is 0 Å². The van der Waals surface area contributed by atoms with Crippen LogP contribution in [0.15, 0.2) is 33.7 Å². The lowest BCUT2D eigenvalue weighted by Gasteiger charge is -2.12. The normalized spacial score (nSPS) is 16.1. The summed E-state index contributed by atoms with van der Waals surface area (Å²) in [5.41, 5.74) is 2.29. The Hall–Kier alpha value is -2.32. The van der Waals surface area contributed by atoms with Gasteiger partial charge >= 0.3 is 5.97 Å². The van der Waals surface area contributed by atoms with Crippen LogP contribution in [0.25, 0.3) is 0 Å². The lowest BCUT2D eigenvalue weighted by Crippen LogP contribution is -2.34. The maximum atomic E-state index is 12.5. The van der Waals surface area contributed by atoms with E-state index in [1.165, 1.54) is 11.8 Å². The third-order valence-corrected chi connectivity index (χ3v) is 5.65. The van der Waals surface area contributed by atoms with Crippen LogP contribution in [0.3, 0.4) is 0 Å². The molecule has 0 saturated carbocycles. The van der Waals surface area contributed by atoms with Crippen molar-refractivity contribution in [2.75, 3.05) is 19.8 Å². The highest BCUT2D eigenvalue weighted by Crippen LogP contribution is 2.29. The van der Waals surface area contributed by atoms with Crippen molar-refractivity contribution >= 4 is 23.6 Å². The monoisotopic (exact) mass is 404 g/mol. The highest BCUT2D eigenvalue weighted by Gasteiger charge is 2.18. The zero-order chi connectivity index (χ0) is 19.9. The van der Waals surface area contributed by atoms with Gasteiger partial charge in [-0.25, -0.2) is 4.79 Å². The van der Waals surface area contributed by atoms with Gasteiger partial charge in [0.15, 0.2) is 6.61 Å². The number of aryl methyl sites for hydroxylation is 2. The Balaban J connectivity index is 1.52. The number of nitrogens with one attached hydrogen (secondary N) is 1. The Kier molecular flexibility index (Phi) is 7.11. The number of esters is 1. The number of benzene rings is 1. The van der Waals surface area contributed by atoms with Gasteiger partial charge in [0, 0.05) is 29.4 Å². The van der Waals surface area contributed by atoms with E-state index in [1.807, 2.05) is 26.0 Å². The molecule has 0 aliphatic carbocycles. The molecule has 1 unspecified atom stereocenters. The number of aromatic nitrogens is 1. The van der Waals surface area contributed by atoms with E-state index in [2.05, 4.69) is 10.5 Å². The van der Waals surface area contributed by atoms with E-state index in [4.69, 9.17) is 14.0 Å². The number of hydrogen-bond acceptors (Lipinski definition) is 7. The average molecular weight is 404 g/mol. The second kappa shape index (κ2) is 9.75. The molecule has 1 N–H and O–H groups in total. The van der Waals surface area contributed by atoms with E-state index in [0.717, 1.165) is 41.4 Å². The zero-order valence-electron chi connectivity index (χ0n) is 16.0. The minimum atomic E-state index is -0.519. The molecule has 1 fully saturated rings. The molecule has 0 radical (unpaired) electrons. The Morgan fingerprint density at radius 3 is 2.86 bits per heavy atom. The van der Waals surface area contributed by atoms with E-state index in [1.54, 1.807) is 12.1 Å². The number of thioether (sulfide) groups is 1. The predicted molar refractivity (Wildman–Crippen MR) is 104 cm³/mol. The molecule has 0 bridgehead atoms. The van der Waals surface area contributed by atoms with Crippen molar-refractivity contribution in [3.63, 3.8) is 0 Å². The maximum absolute atomic E-state index is 12.5. The minimum Gasteiger partial charge on any atom is -0.452 e. The molecule has 0 spiro atoms. The molecule has 1 aromatic heterocycles. The molecule has 7 nitrogen and oxygen atoms in total. The van der Waals surface area contributed by atoms with Crippen LogP contribution in [0.4, 0.5) is 0 Å². The highest BCUT2D eigenvalue weighted by molar-refractivity contribution is 7.98. The Morgan fingerprint density at radius 1 is 1.32 bits per heavy atom. The van der Waals surface area contributed by atoms with E-state index < -0.39 is 5.97 Å². The number of carbonyl (C=O) groups excluding carboxylic acids is 2. The third kappa shape index (κ3) is 5.36. The predicted octanol–water partition coefficient (Wildman–Crippen LogP) is 3.04. The van der Waals surface area contributed by atoms with Crippen LogP contribution >= 0.6 is 11.8 Å². The molecule has 1 atom stereocenters. The van der Waals surface area contributed by atoms with Crippen LogP contribution in [0.1, 0.15) is 40.2 Å². The van der Waals surface area contributed by atoms with Crippen molar-refractivity contribution < 1.29 is 23.6 Å². The maximum Gasteiger partial charge on any atom is 0.339 e. The summed E-state index contributed by atoms with van der Waals surface area (Å²) in [7, 11) is 0. The van der Waals surface area contributed by atoms with Gasteiger partial charge in [0.05, 0.1) is 17.4 Å². The van der Waals surface area contributed by atoms with Crippen molar-refractivity contribution in [1.29, 1.82) is 0 Å². The standard InChI is InChI=1S/C20H24N2O5S/c1-13-17(14(2)27-22-13)12-28-18-8-4-3-7-16(18)20(24)26-11-19(23)21-10-15-6-5-9-25-15/h3-4,7-8,15H,5-6,9-12H2,1-2H3,(H,21,23). The van der Waals surface area contributed by atoms with Crippen LogP contribution < -0.4 is 5.32 Å². The van der Waals surface area contributed by atoms with Gasteiger partial charge in [-0.15, -0.1) is 11.8 Å². The Bertz CT molecular complexity index is 810. The summed E-state index contributed by atoms with van der Waals surface area (Å²) in [4.78, 5) is 25.1. The average Bonchev–Trinajstić information content (AvgIpc) is 3.33. The summed E-state index contributed by atoms with van der Waals surface area (Å²) >= 11 is 1.50. The molecule has 150 valence electrons. The number of ether oxygens (including phenoxy) is 2. The summed E-state index contributed by atoms with van der Waals surface area (Å²) in [5, 5.41) is 6.69. The van der Waals surface area contributed by atoms with Crippen molar-refractivity contribution in [2.45, 2.75) is 43.4 Å². The van der Waals surface area contributed by atoms with Crippen LogP contribution in [-0.4, -0.2) is 42.9 Å². The molecule has 1 aliphatic heterocycles. The Morgan fingerprint density at radius 2 is 2.14 bits per heavy atom. The first kappa shape index (κ1) is 20.4. The van der Waals surface area contributed by atoms with Crippen LogP contribution in [0.5, 0.6) is 0 Å². The largest absolute Gasteiger partial charge is 0.452 e. The van der Waals surface area contributed by atoms with E-state index in [9.17, 15) is 9.59 Å². The van der Waals surface area contributed by atoms with E-state index >= 15 is 0 Å². The molecular formula is C20H24N2O5S. The smallest absolute Gasteiger partial charge is 0.339 e. The van der Waals surface area contributed by atoms with Crippen molar-refractivity contribution in [3.8, 4) is 0 Å². The second-order valence-corrected chi connectivity index (χ2v) is 7.62. The summed E-state index contributed by atoms with van der Waals surface area (Å²) in [6.45, 7) is 4.62. The van der Waals surface area contributed by atoms with Crippen LogP contribution in [0.2, 0.25) is 0 Å². The number of hydrogen-bond donors (Lipinski definition) is 1. The Labute approximate surface area is 168 Å². The lowest BCUT2D eigenvalue weighted by atomic mass is 10.2. The molecule has 8 heteroatoms. The molecule has 1 saturated heterocycles. The molecule has 1 amide bonds. The first-order valence-electron chi connectivity index (χ1n) is 9.23.